The van der Waals surface area contributed by atoms with Gasteiger partial charge in [0.25, 0.3) is 0 Å². The van der Waals surface area contributed by atoms with Crippen LogP contribution in [0.25, 0.3) is 11.0 Å². The topological polar surface area (TPSA) is 114 Å². The number of oxime groups is 1. The fraction of sp³-hybridized carbons (Fsp3) is 0.250. The lowest BCUT2D eigenvalue weighted by atomic mass is 10.0. The highest BCUT2D eigenvalue weighted by atomic mass is 35.5. The number of halogens is 2. The van der Waals surface area contributed by atoms with Gasteiger partial charge in [-0.25, -0.2) is 9.37 Å². The van der Waals surface area contributed by atoms with E-state index in [9.17, 15) is 9.18 Å². The predicted molar refractivity (Wildman–Crippen MR) is 117 cm³/mol. The lowest BCUT2D eigenvalue weighted by Crippen LogP contribution is -2.19. The molecule has 10 heteroatoms. The number of hydrogen-bond donors (Lipinski definition) is 3. The van der Waals surface area contributed by atoms with Crippen LogP contribution in [0.15, 0.2) is 43.7 Å². The number of aromatic nitrogens is 1. The third-order valence-corrected chi connectivity index (χ3v) is 5.65. The van der Waals surface area contributed by atoms with Gasteiger partial charge >= 0.3 is 0 Å². The Bertz CT molecular complexity index is 1200. The number of rotatable bonds is 6. The van der Waals surface area contributed by atoms with Gasteiger partial charge in [0.1, 0.15) is 22.2 Å². The molecule has 4 N–H and O–H groups in total. The number of nitrogens with zero attached hydrogens (tertiary/aromatic N) is 2. The van der Waals surface area contributed by atoms with Crippen LogP contribution in [-0.4, -0.2) is 21.8 Å². The molecule has 0 saturated carbocycles. The van der Waals surface area contributed by atoms with Crippen LogP contribution in [0, 0.1) is 12.7 Å². The van der Waals surface area contributed by atoms with Gasteiger partial charge in [0.2, 0.25) is 0 Å². The molecule has 3 rings (SSSR count). The fourth-order valence-electron chi connectivity index (χ4n) is 3.06. The van der Waals surface area contributed by atoms with Crippen molar-refractivity contribution in [3.8, 4) is 0 Å². The molecule has 0 spiro atoms. The Kier molecular flexibility index (Phi) is 6.52. The minimum Gasteiger partial charge on any atom is -0.449 e. The quantitative estimate of drug-likeness (QED) is 0.125. The van der Waals surface area contributed by atoms with Crippen molar-refractivity contribution in [1.29, 1.82) is 0 Å². The molecule has 0 aliphatic heterocycles. The molecule has 0 amide bonds. The molecule has 0 fully saturated rings. The highest BCUT2D eigenvalue weighted by molar-refractivity contribution is 7.99. The zero-order valence-corrected chi connectivity index (χ0v) is 18.1. The number of pyridine rings is 1. The second-order valence-corrected chi connectivity index (χ2v) is 8.15. The molecule has 2 aromatic heterocycles. The number of anilines is 1. The Hall–Kier alpha value is -2.78. The molecule has 0 aliphatic carbocycles. The van der Waals surface area contributed by atoms with E-state index >= 15 is 0 Å². The zero-order chi connectivity index (χ0) is 22.0. The molecule has 7 nitrogen and oxygen atoms in total. The van der Waals surface area contributed by atoms with Gasteiger partial charge in [-0.1, -0.05) is 35.4 Å². The molecule has 3 aromatic rings. The van der Waals surface area contributed by atoms with Gasteiger partial charge in [0, 0.05) is 11.1 Å². The summed E-state index contributed by atoms with van der Waals surface area (Å²) in [7, 11) is 0. The normalized spacial score (nSPS) is 12.9. The van der Waals surface area contributed by atoms with E-state index in [-0.39, 0.29) is 27.5 Å². The van der Waals surface area contributed by atoms with E-state index in [1.165, 1.54) is 30.0 Å². The van der Waals surface area contributed by atoms with E-state index in [2.05, 4.69) is 15.5 Å². The third-order valence-electron chi connectivity index (χ3n) is 4.49. The van der Waals surface area contributed by atoms with Gasteiger partial charge in [-0.3, -0.25) is 4.79 Å². The molecule has 2 heterocycles. The average molecular weight is 451 g/mol. The smallest absolute Gasteiger partial charge is 0.196 e. The summed E-state index contributed by atoms with van der Waals surface area (Å²) < 4.78 is 20.4. The summed E-state index contributed by atoms with van der Waals surface area (Å²) in [5, 5.41) is 16.0. The molecule has 0 aliphatic rings. The van der Waals surface area contributed by atoms with Crippen molar-refractivity contribution in [3.05, 3.63) is 62.3 Å². The number of benzene rings is 1. The maximum atomic E-state index is 14.4. The van der Waals surface area contributed by atoms with Crippen molar-refractivity contribution < 1.29 is 14.0 Å². The van der Waals surface area contributed by atoms with E-state index in [0.29, 0.717) is 27.5 Å². The first-order chi connectivity index (χ1) is 14.3. The maximum absolute atomic E-state index is 14.4. The van der Waals surface area contributed by atoms with E-state index in [1.54, 1.807) is 19.9 Å². The summed E-state index contributed by atoms with van der Waals surface area (Å²) in [5.41, 5.74) is 7.17. The zero-order valence-electron chi connectivity index (χ0n) is 16.5. The van der Waals surface area contributed by atoms with Gasteiger partial charge in [-0.15, -0.1) is 0 Å². The van der Waals surface area contributed by atoms with Crippen molar-refractivity contribution in [2.75, 3.05) is 11.1 Å². The molecule has 0 radical (unpaired) electrons. The highest BCUT2D eigenvalue weighted by Crippen LogP contribution is 2.32. The minimum atomic E-state index is -0.556. The molecular weight excluding hydrogens is 431 g/mol. The number of amidine groups is 1. The summed E-state index contributed by atoms with van der Waals surface area (Å²) in [6.45, 7) is 5.38. The molecular formula is C20H20ClFN4O3S. The fourth-order valence-corrected chi connectivity index (χ4v) is 3.92. The van der Waals surface area contributed by atoms with Crippen LogP contribution in [0.5, 0.6) is 0 Å². The van der Waals surface area contributed by atoms with Crippen LogP contribution in [0.2, 0.25) is 5.15 Å². The Morgan fingerprint density at radius 2 is 2.20 bits per heavy atom. The van der Waals surface area contributed by atoms with Crippen LogP contribution < -0.4 is 16.5 Å². The van der Waals surface area contributed by atoms with E-state index in [1.807, 2.05) is 6.92 Å². The van der Waals surface area contributed by atoms with Crippen LogP contribution in [0.3, 0.4) is 0 Å². The van der Waals surface area contributed by atoms with E-state index in [0.717, 1.165) is 5.75 Å². The lowest BCUT2D eigenvalue weighted by Gasteiger charge is -2.19. The van der Waals surface area contributed by atoms with E-state index < -0.39 is 11.9 Å². The second kappa shape index (κ2) is 8.93. The van der Waals surface area contributed by atoms with Gasteiger partial charge in [0.05, 0.1) is 17.1 Å². The van der Waals surface area contributed by atoms with Crippen molar-refractivity contribution >= 4 is 45.9 Å². The minimum absolute atomic E-state index is 0.136. The standard InChI is InChI=1S/C20H20ClFN4O3S/c1-4-30-20-9(2)17(27)13-8-11(22)7-12(18(13)29-20)10(3)24-14-5-6-15(21)25-16(14)19(23)26-28/h5-8,10,24,28H,4H2,1-3H3,(H2,23,26)/t10-/m1/s1. The maximum Gasteiger partial charge on any atom is 0.196 e. The summed E-state index contributed by atoms with van der Waals surface area (Å²) >= 11 is 7.32. The molecule has 0 saturated heterocycles. The molecule has 1 aromatic carbocycles. The van der Waals surface area contributed by atoms with Crippen molar-refractivity contribution in [2.24, 2.45) is 10.9 Å². The first kappa shape index (κ1) is 21.9. The second-order valence-electron chi connectivity index (χ2n) is 6.53. The summed E-state index contributed by atoms with van der Waals surface area (Å²) in [5.74, 6) is -0.0705. The number of thioether (sulfide) groups is 1. The Morgan fingerprint density at radius 3 is 2.87 bits per heavy atom. The largest absolute Gasteiger partial charge is 0.449 e. The molecule has 0 bridgehead atoms. The van der Waals surface area contributed by atoms with Crippen LogP contribution >= 0.6 is 23.4 Å². The SMILES string of the molecule is CCSc1oc2c([C@@H](C)Nc3ccc(Cl)nc3/C(N)=N/O)cc(F)cc2c(=O)c1C. The van der Waals surface area contributed by atoms with Crippen molar-refractivity contribution in [2.45, 2.75) is 31.9 Å². The lowest BCUT2D eigenvalue weighted by molar-refractivity contribution is 0.318. The summed E-state index contributed by atoms with van der Waals surface area (Å²) in [6, 6.07) is 5.12. The number of nitrogens with one attached hydrogen (secondary N) is 1. The highest BCUT2D eigenvalue weighted by Gasteiger charge is 2.20. The van der Waals surface area contributed by atoms with Gasteiger partial charge in [0.15, 0.2) is 16.4 Å². The predicted octanol–water partition coefficient (Wildman–Crippen LogP) is 4.67. The third kappa shape index (κ3) is 4.22. The Balaban J connectivity index is 2.14. The van der Waals surface area contributed by atoms with Crippen LogP contribution in [0.4, 0.5) is 10.1 Å². The first-order valence-corrected chi connectivity index (χ1v) is 10.4. The number of hydrogen-bond acceptors (Lipinski definition) is 7. The molecule has 30 heavy (non-hydrogen) atoms. The Morgan fingerprint density at radius 1 is 1.47 bits per heavy atom. The molecule has 1 atom stereocenters. The van der Waals surface area contributed by atoms with Crippen molar-refractivity contribution in [3.63, 3.8) is 0 Å². The monoisotopic (exact) mass is 450 g/mol. The van der Waals surface area contributed by atoms with E-state index in [4.69, 9.17) is 27.0 Å². The van der Waals surface area contributed by atoms with Gasteiger partial charge in [-0.2, -0.15) is 0 Å². The Labute approximate surface area is 181 Å². The van der Waals surface area contributed by atoms with Crippen LogP contribution in [-0.2, 0) is 0 Å². The number of fused-ring (bicyclic) bond motifs is 1. The first-order valence-electron chi connectivity index (χ1n) is 9.07. The molecule has 158 valence electrons. The average Bonchev–Trinajstić information content (AvgIpc) is 2.72. The summed E-state index contributed by atoms with van der Waals surface area (Å²) in [6.07, 6.45) is 0. The van der Waals surface area contributed by atoms with Gasteiger partial charge in [-0.05, 0) is 43.9 Å². The van der Waals surface area contributed by atoms with Crippen molar-refractivity contribution in [1.82, 2.24) is 4.98 Å². The number of nitrogens with two attached hydrogens (primary N) is 1. The molecule has 0 unspecified atom stereocenters. The van der Waals surface area contributed by atoms with Gasteiger partial charge < -0.3 is 20.7 Å². The summed E-state index contributed by atoms with van der Waals surface area (Å²) in [4.78, 5) is 16.9. The van der Waals surface area contributed by atoms with Crippen LogP contribution in [0.1, 0.15) is 36.7 Å².